The van der Waals surface area contributed by atoms with Gasteiger partial charge in [0.1, 0.15) is 0 Å². The van der Waals surface area contributed by atoms with Crippen molar-refractivity contribution in [2.24, 2.45) is 11.8 Å². The Hall–Kier alpha value is -1.85. The number of rotatable bonds is 4. The van der Waals surface area contributed by atoms with E-state index in [1.54, 1.807) is 22.0 Å². The molecule has 0 bridgehead atoms. The summed E-state index contributed by atoms with van der Waals surface area (Å²) in [6, 6.07) is 1.81. The Morgan fingerprint density at radius 3 is 2.78 bits per heavy atom. The van der Waals surface area contributed by atoms with Crippen LogP contribution in [-0.2, 0) is 16.1 Å². The molecule has 18 heavy (non-hydrogen) atoms. The number of amides is 1. The zero-order valence-electron chi connectivity index (χ0n) is 10.3. The molecule has 6 nitrogen and oxygen atoms in total. The fourth-order valence-corrected chi connectivity index (χ4v) is 2.29. The second-order valence-corrected chi connectivity index (χ2v) is 4.74. The van der Waals surface area contributed by atoms with E-state index in [0.29, 0.717) is 26.1 Å². The standard InChI is InChI=1S/C12H17N3O3/c1-9-7-14(8-10(9)12(17)18)11(16)3-6-15-5-2-4-13-15/h2,4-5,9-10H,3,6-8H2,1H3,(H,17,18). The Morgan fingerprint density at radius 1 is 1.44 bits per heavy atom. The van der Waals surface area contributed by atoms with Gasteiger partial charge < -0.3 is 10.0 Å². The Morgan fingerprint density at radius 2 is 2.22 bits per heavy atom. The number of aryl methyl sites for hydroxylation is 1. The van der Waals surface area contributed by atoms with E-state index in [4.69, 9.17) is 5.11 Å². The summed E-state index contributed by atoms with van der Waals surface area (Å²) >= 11 is 0. The van der Waals surface area contributed by atoms with E-state index in [9.17, 15) is 9.59 Å². The molecule has 1 aliphatic heterocycles. The fraction of sp³-hybridized carbons (Fsp3) is 0.583. The minimum absolute atomic E-state index is 0.00102. The van der Waals surface area contributed by atoms with Crippen LogP contribution in [0, 0.1) is 11.8 Å². The van der Waals surface area contributed by atoms with Gasteiger partial charge in [-0.3, -0.25) is 14.3 Å². The van der Waals surface area contributed by atoms with Crippen LogP contribution in [0.3, 0.4) is 0 Å². The Bertz CT molecular complexity index is 430. The van der Waals surface area contributed by atoms with Crippen LogP contribution >= 0.6 is 0 Å². The number of hydrogen-bond donors (Lipinski definition) is 1. The lowest BCUT2D eigenvalue weighted by molar-refractivity contribution is -0.142. The number of carbonyl (C=O) groups is 2. The molecule has 1 amide bonds. The SMILES string of the molecule is CC1CN(C(=O)CCn2cccn2)CC1C(=O)O. The number of likely N-dealkylation sites (tertiary alicyclic amines) is 1. The predicted octanol–water partition coefficient (Wildman–Crippen LogP) is 0.452. The Labute approximate surface area is 105 Å². The molecule has 1 fully saturated rings. The van der Waals surface area contributed by atoms with Gasteiger partial charge in [0.2, 0.25) is 5.91 Å². The quantitative estimate of drug-likeness (QED) is 0.843. The van der Waals surface area contributed by atoms with Crippen LogP contribution in [0.15, 0.2) is 18.5 Å². The average molecular weight is 251 g/mol. The molecule has 1 aromatic heterocycles. The third-order valence-electron chi connectivity index (χ3n) is 3.40. The van der Waals surface area contributed by atoms with Gasteiger partial charge in [0.25, 0.3) is 0 Å². The van der Waals surface area contributed by atoms with Crippen LogP contribution < -0.4 is 0 Å². The number of aliphatic carboxylic acids is 1. The fourth-order valence-electron chi connectivity index (χ4n) is 2.29. The highest BCUT2D eigenvalue weighted by Gasteiger charge is 2.36. The molecule has 6 heteroatoms. The van der Waals surface area contributed by atoms with E-state index in [-0.39, 0.29) is 11.8 Å². The molecule has 0 aliphatic carbocycles. The second-order valence-electron chi connectivity index (χ2n) is 4.74. The van der Waals surface area contributed by atoms with E-state index in [1.165, 1.54) is 0 Å². The van der Waals surface area contributed by atoms with Crippen molar-refractivity contribution < 1.29 is 14.7 Å². The zero-order chi connectivity index (χ0) is 13.1. The molecule has 2 heterocycles. The normalized spacial score (nSPS) is 23.3. The van der Waals surface area contributed by atoms with Gasteiger partial charge >= 0.3 is 5.97 Å². The van der Waals surface area contributed by atoms with Crippen molar-refractivity contribution in [2.75, 3.05) is 13.1 Å². The van der Waals surface area contributed by atoms with Gasteiger partial charge in [-0.2, -0.15) is 5.10 Å². The third-order valence-corrected chi connectivity index (χ3v) is 3.40. The summed E-state index contributed by atoms with van der Waals surface area (Å²) in [7, 11) is 0. The maximum Gasteiger partial charge on any atom is 0.308 e. The van der Waals surface area contributed by atoms with Crippen LogP contribution in [0.5, 0.6) is 0 Å². The summed E-state index contributed by atoms with van der Waals surface area (Å²) in [5.74, 6) is -1.22. The Balaban J connectivity index is 1.85. The number of aromatic nitrogens is 2. The summed E-state index contributed by atoms with van der Waals surface area (Å²) in [4.78, 5) is 24.6. The largest absolute Gasteiger partial charge is 0.481 e. The molecule has 98 valence electrons. The van der Waals surface area contributed by atoms with Crippen LogP contribution in [-0.4, -0.2) is 44.8 Å². The van der Waals surface area contributed by atoms with Gasteiger partial charge in [0.15, 0.2) is 0 Å². The number of carboxylic acid groups (broad SMARTS) is 1. The molecule has 0 radical (unpaired) electrons. The number of carbonyl (C=O) groups excluding carboxylic acids is 1. The van der Waals surface area contributed by atoms with Crippen molar-refractivity contribution >= 4 is 11.9 Å². The third kappa shape index (κ3) is 2.69. The molecule has 2 atom stereocenters. The van der Waals surface area contributed by atoms with Gasteiger partial charge in [0, 0.05) is 38.4 Å². The minimum atomic E-state index is -0.815. The van der Waals surface area contributed by atoms with E-state index >= 15 is 0 Å². The van der Waals surface area contributed by atoms with Crippen LogP contribution in [0.2, 0.25) is 0 Å². The van der Waals surface area contributed by atoms with E-state index < -0.39 is 11.9 Å². The lowest BCUT2D eigenvalue weighted by atomic mass is 9.99. The van der Waals surface area contributed by atoms with E-state index in [1.807, 2.05) is 13.0 Å². The smallest absolute Gasteiger partial charge is 0.308 e. The lowest BCUT2D eigenvalue weighted by Gasteiger charge is -2.15. The molecule has 1 N–H and O–H groups in total. The summed E-state index contributed by atoms with van der Waals surface area (Å²) in [6.07, 6.45) is 3.84. The molecular formula is C12H17N3O3. The van der Waals surface area contributed by atoms with Gasteiger partial charge in [-0.15, -0.1) is 0 Å². The number of carboxylic acids is 1. The second kappa shape index (κ2) is 5.20. The summed E-state index contributed by atoms with van der Waals surface area (Å²) in [5.41, 5.74) is 0. The minimum Gasteiger partial charge on any atom is -0.481 e. The number of nitrogens with zero attached hydrogens (tertiary/aromatic N) is 3. The highest BCUT2D eigenvalue weighted by atomic mass is 16.4. The highest BCUT2D eigenvalue weighted by molar-refractivity contribution is 5.78. The molecule has 0 saturated carbocycles. The first kappa shape index (κ1) is 12.6. The molecule has 1 aliphatic rings. The van der Waals surface area contributed by atoms with Gasteiger partial charge in [0.05, 0.1) is 5.92 Å². The Kier molecular flexibility index (Phi) is 3.64. The molecule has 2 unspecified atom stereocenters. The van der Waals surface area contributed by atoms with Crippen molar-refractivity contribution in [3.63, 3.8) is 0 Å². The molecule has 2 rings (SSSR count). The maximum absolute atomic E-state index is 11.9. The van der Waals surface area contributed by atoms with Crippen molar-refractivity contribution in [3.8, 4) is 0 Å². The van der Waals surface area contributed by atoms with E-state index in [2.05, 4.69) is 5.10 Å². The topological polar surface area (TPSA) is 75.4 Å². The predicted molar refractivity (Wildman–Crippen MR) is 63.7 cm³/mol. The molecule has 1 saturated heterocycles. The lowest BCUT2D eigenvalue weighted by Crippen LogP contribution is -2.30. The molecular weight excluding hydrogens is 234 g/mol. The van der Waals surface area contributed by atoms with Crippen molar-refractivity contribution in [1.29, 1.82) is 0 Å². The van der Waals surface area contributed by atoms with Crippen molar-refractivity contribution in [3.05, 3.63) is 18.5 Å². The summed E-state index contributed by atoms with van der Waals surface area (Å²) < 4.78 is 1.70. The zero-order valence-corrected chi connectivity index (χ0v) is 10.3. The number of hydrogen-bond acceptors (Lipinski definition) is 3. The first-order valence-electron chi connectivity index (χ1n) is 6.06. The van der Waals surface area contributed by atoms with Gasteiger partial charge in [-0.05, 0) is 12.0 Å². The van der Waals surface area contributed by atoms with Crippen LogP contribution in [0.25, 0.3) is 0 Å². The first-order chi connectivity index (χ1) is 8.58. The van der Waals surface area contributed by atoms with Gasteiger partial charge in [-0.25, -0.2) is 0 Å². The van der Waals surface area contributed by atoms with Gasteiger partial charge in [-0.1, -0.05) is 6.92 Å². The van der Waals surface area contributed by atoms with Crippen molar-refractivity contribution in [2.45, 2.75) is 19.9 Å². The maximum atomic E-state index is 11.9. The van der Waals surface area contributed by atoms with Crippen LogP contribution in [0.4, 0.5) is 0 Å². The van der Waals surface area contributed by atoms with Crippen LogP contribution in [0.1, 0.15) is 13.3 Å². The monoisotopic (exact) mass is 251 g/mol. The van der Waals surface area contributed by atoms with Crippen molar-refractivity contribution in [1.82, 2.24) is 14.7 Å². The first-order valence-corrected chi connectivity index (χ1v) is 6.06. The molecule has 1 aromatic rings. The van der Waals surface area contributed by atoms with E-state index in [0.717, 1.165) is 0 Å². The molecule has 0 aromatic carbocycles. The molecule has 0 spiro atoms. The summed E-state index contributed by atoms with van der Waals surface area (Å²) in [5, 5.41) is 13.0. The highest BCUT2D eigenvalue weighted by Crippen LogP contribution is 2.23. The summed E-state index contributed by atoms with van der Waals surface area (Å²) in [6.45, 7) is 3.28. The average Bonchev–Trinajstić information content (AvgIpc) is 2.94.